The lowest BCUT2D eigenvalue weighted by Crippen LogP contribution is -2.23. The number of rotatable bonds is 5. The van der Waals surface area contributed by atoms with E-state index in [9.17, 15) is 8.42 Å². The Kier molecular flexibility index (Phi) is 4.49. The molecule has 0 fully saturated rings. The first-order valence-corrected chi connectivity index (χ1v) is 7.63. The van der Waals surface area contributed by atoms with Gasteiger partial charge in [0.05, 0.1) is 6.54 Å². The molecule has 0 aromatic carbocycles. The second-order valence-corrected chi connectivity index (χ2v) is 6.93. The van der Waals surface area contributed by atoms with Crippen LogP contribution >= 0.6 is 27.3 Å². The van der Waals surface area contributed by atoms with Crippen molar-refractivity contribution in [3.8, 4) is 0 Å². The van der Waals surface area contributed by atoms with Crippen LogP contribution in [0.25, 0.3) is 0 Å². The molecule has 1 heterocycles. The number of aryl methyl sites for hydroxylation is 1. The van der Waals surface area contributed by atoms with Gasteiger partial charge in [-0.1, -0.05) is 22.9 Å². The molecule has 4 nitrogen and oxygen atoms in total. The van der Waals surface area contributed by atoms with E-state index < -0.39 is 10.0 Å². The van der Waals surface area contributed by atoms with Crippen molar-refractivity contribution in [3.63, 3.8) is 0 Å². The van der Waals surface area contributed by atoms with Gasteiger partial charge in [0.2, 0.25) is 10.0 Å². The van der Waals surface area contributed by atoms with Gasteiger partial charge in [-0.2, -0.15) is 0 Å². The molecular weight excluding hydrogens is 288 g/mol. The fraction of sp³-hybridized carbons (Fsp3) is 0.571. The molecule has 0 radical (unpaired) electrons. The predicted octanol–water partition coefficient (Wildman–Crippen LogP) is 1.48. The van der Waals surface area contributed by atoms with Crippen LogP contribution in [0.2, 0.25) is 0 Å². The highest BCUT2D eigenvalue weighted by molar-refractivity contribution is 9.10. The fourth-order valence-corrected chi connectivity index (χ4v) is 2.62. The molecule has 0 aliphatic heterocycles. The molecule has 1 rings (SSSR count). The van der Waals surface area contributed by atoms with Crippen LogP contribution in [-0.2, 0) is 23.0 Å². The Bertz CT molecular complexity index is 388. The van der Waals surface area contributed by atoms with Crippen molar-refractivity contribution in [1.29, 1.82) is 0 Å². The molecule has 1 aromatic heterocycles. The minimum absolute atomic E-state index is 0.0774. The standard InChI is InChI=1S/C7H11BrN2O2S2/c1-2-6-3-9-7(13-6)4-10-14(11,12)5-8/h3,10H,2,4-5H2,1H3. The van der Waals surface area contributed by atoms with Crippen LogP contribution in [0.4, 0.5) is 0 Å². The maximum Gasteiger partial charge on any atom is 0.222 e. The van der Waals surface area contributed by atoms with Crippen LogP contribution in [-0.4, -0.2) is 18.1 Å². The first kappa shape index (κ1) is 12.1. The number of halogens is 1. The Morgan fingerprint density at radius 2 is 2.36 bits per heavy atom. The van der Waals surface area contributed by atoms with Crippen molar-refractivity contribution >= 4 is 37.3 Å². The van der Waals surface area contributed by atoms with E-state index in [-0.39, 0.29) is 11.2 Å². The van der Waals surface area contributed by atoms with Crippen LogP contribution in [0.3, 0.4) is 0 Å². The van der Waals surface area contributed by atoms with E-state index in [1.54, 1.807) is 6.20 Å². The fourth-order valence-electron chi connectivity index (χ4n) is 0.803. The molecule has 0 aliphatic carbocycles. The summed E-state index contributed by atoms with van der Waals surface area (Å²) >= 11 is 4.43. The number of thiazole rings is 1. The van der Waals surface area contributed by atoms with Gasteiger partial charge in [-0.25, -0.2) is 18.1 Å². The van der Waals surface area contributed by atoms with E-state index >= 15 is 0 Å². The maximum atomic E-state index is 11.1. The number of hydrogen-bond donors (Lipinski definition) is 1. The monoisotopic (exact) mass is 298 g/mol. The lowest BCUT2D eigenvalue weighted by atomic mass is 10.4. The minimum Gasteiger partial charge on any atom is -0.248 e. The SMILES string of the molecule is CCc1cnc(CNS(=O)(=O)CBr)s1. The maximum absolute atomic E-state index is 11.1. The Balaban J connectivity index is 2.54. The van der Waals surface area contributed by atoms with Gasteiger partial charge in [0.15, 0.2) is 0 Å². The molecular formula is C7H11BrN2O2S2. The topological polar surface area (TPSA) is 59.1 Å². The Labute approximate surface area is 95.9 Å². The van der Waals surface area contributed by atoms with Gasteiger partial charge < -0.3 is 0 Å². The lowest BCUT2D eigenvalue weighted by molar-refractivity contribution is 0.586. The average molecular weight is 299 g/mol. The number of hydrogen-bond acceptors (Lipinski definition) is 4. The third kappa shape index (κ3) is 3.64. The molecule has 80 valence electrons. The molecule has 1 N–H and O–H groups in total. The summed E-state index contributed by atoms with van der Waals surface area (Å²) in [5.41, 5.74) is 0. The van der Waals surface area contributed by atoms with E-state index in [1.165, 1.54) is 11.3 Å². The van der Waals surface area contributed by atoms with Gasteiger partial charge in [0.1, 0.15) is 9.67 Å². The number of alkyl halides is 1. The van der Waals surface area contributed by atoms with E-state index in [0.29, 0.717) is 0 Å². The molecule has 0 saturated heterocycles. The zero-order valence-electron chi connectivity index (χ0n) is 7.66. The summed E-state index contributed by atoms with van der Waals surface area (Å²) in [6, 6.07) is 0. The van der Waals surface area contributed by atoms with Gasteiger partial charge in [-0.15, -0.1) is 11.3 Å². The summed E-state index contributed by atoms with van der Waals surface area (Å²) in [4.78, 5) is 5.27. The van der Waals surface area contributed by atoms with E-state index in [4.69, 9.17) is 0 Å². The molecule has 14 heavy (non-hydrogen) atoms. The normalized spacial score (nSPS) is 11.9. The summed E-state index contributed by atoms with van der Waals surface area (Å²) in [7, 11) is -3.18. The number of nitrogens with zero attached hydrogens (tertiary/aromatic N) is 1. The molecule has 0 saturated carbocycles. The van der Waals surface area contributed by atoms with Crippen molar-refractivity contribution in [2.75, 3.05) is 4.66 Å². The molecule has 0 atom stereocenters. The summed E-state index contributed by atoms with van der Waals surface area (Å²) < 4.78 is 24.5. The highest BCUT2D eigenvalue weighted by atomic mass is 79.9. The molecule has 0 aliphatic rings. The zero-order chi connectivity index (χ0) is 10.6. The van der Waals surface area contributed by atoms with Gasteiger partial charge in [0, 0.05) is 11.1 Å². The quantitative estimate of drug-likeness (QED) is 0.838. The molecule has 7 heteroatoms. The van der Waals surface area contributed by atoms with Crippen molar-refractivity contribution in [1.82, 2.24) is 9.71 Å². The van der Waals surface area contributed by atoms with Gasteiger partial charge in [-0.3, -0.25) is 0 Å². The second-order valence-electron chi connectivity index (χ2n) is 2.62. The average Bonchev–Trinajstić information content (AvgIpc) is 2.63. The predicted molar refractivity (Wildman–Crippen MR) is 61.0 cm³/mol. The molecule has 0 unspecified atom stereocenters. The summed E-state index contributed by atoms with van der Waals surface area (Å²) in [6.07, 6.45) is 2.71. The van der Waals surface area contributed by atoms with Crippen LogP contribution in [0.15, 0.2) is 6.20 Å². The van der Waals surface area contributed by atoms with Crippen LogP contribution in [0.5, 0.6) is 0 Å². The number of nitrogens with one attached hydrogen (secondary N) is 1. The lowest BCUT2D eigenvalue weighted by Gasteiger charge is -1.99. The van der Waals surface area contributed by atoms with Crippen molar-refractivity contribution in [2.24, 2.45) is 0 Å². The number of sulfonamides is 1. The third-order valence-electron chi connectivity index (χ3n) is 1.54. The smallest absolute Gasteiger partial charge is 0.222 e. The first-order valence-electron chi connectivity index (χ1n) is 4.04. The summed E-state index contributed by atoms with van der Waals surface area (Å²) in [6.45, 7) is 2.32. The minimum atomic E-state index is -3.18. The van der Waals surface area contributed by atoms with E-state index in [2.05, 4.69) is 25.6 Å². The first-order chi connectivity index (χ1) is 6.57. The third-order valence-corrected chi connectivity index (χ3v) is 5.36. The van der Waals surface area contributed by atoms with Gasteiger partial charge in [-0.05, 0) is 6.42 Å². The van der Waals surface area contributed by atoms with Crippen LogP contribution in [0, 0.1) is 0 Å². The van der Waals surface area contributed by atoms with Crippen molar-refractivity contribution < 1.29 is 8.42 Å². The highest BCUT2D eigenvalue weighted by Gasteiger charge is 2.08. The summed E-state index contributed by atoms with van der Waals surface area (Å²) in [5, 5.41) is 0.798. The van der Waals surface area contributed by atoms with Crippen molar-refractivity contribution in [2.45, 2.75) is 19.9 Å². The Morgan fingerprint density at radius 1 is 1.64 bits per heavy atom. The number of aromatic nitrogens is 1. The highest BCUT2D eigenvalue weighted by Crippen LogP contribution is 2.13. The van der Waals surface area contributed by atoms with Crippen molar-refractivity contribution in [3.05, 3.63) is 16.1 Å². The van der Waals surface area contributed by atoms with E-state index in [1.807, 2.05) is 6.92 Å². The van der Waals surface area contributed by atoms with Crippen LogP contribution < -0.4 is 4.72 Å². The molecule has 0 bridgehead atoms. The van der Waals surface area contributed by atoms with Gasteiger partial charge in [0.25, 0.3) is 0 Å². The zero-order valence-corrected chi connectivity index (χ0v) is 10.9. The van der Waals surface area contributed by atoms with Crippen LogP contribution in [0.1, 0.15) is 16.8 Å². The molecule has 0 spiro atoms. The Morgan fingerprint density at radius 3 is 2.86 bits per heavy atom. The Hall–Kier alpha value is 0.0200. The largest absolute Gasteiger partial charge is 0.248 e. The van der Waals surface area contributed by atoms with Gasteiger partial charge >= 0.3 is 0 Å². The molecule has 0 amide bonds. The second kappa shape index (κ2) is 5.20. The van der Waals surface area contributed by atoms with E-state index in [0.717, 1.165) is 16.3 Å². The summed E-state index contributed by atoms with van der Waals surface area (Å²) in [5.74, 6) is 0. The molecule has 1 aromatic rings.